The average molecular weight is 253 g/mol. The highest BCUT2D eigenvalue weighted by Crippen LogP contribution is 2.37. The summed E-state index contributed by atoms with van der Waals surface area (Å²) >= 11 is 0. The molecule has 3 atom stereocenters. The van der Waals surface area contributed by atoms with E-state index >= 15 is 0 Å². The molecule has 1 saturated heterocycles. The quantitative estimate of drug-likeness (QED) is 0.822. The van der Waals surface area contributed by atoms with Gasteiger partial charge in [0, 0.05) is 6.04 Å². The average Bonchev–Trinajstić information content (AvgIpc) is 2.33. The van der Waals surface area contributed by atoms with Crippen molar-refractivity contribution < 1.29 is 9.90 Å². The van der Waals surface area contributed by atoms with E-state index in [0.717, 1.165) is 37.8 Å². The number of hydrogen-bond donors (Lipinski definition) is 1. The Morgan fingerprint density at radius 3 is 2.39 bits per heavy atom. The molecule has 3 nitrogen and oxygen atoms in total. The van der Waals surface area contributed by atoms with Crippen LogP contribution in [0.4, 0.5) is 0 Å². The summed E-state index contributed by atoms with van der Waals surface area (Å²) in [6, 6.07) is 0.687. The molecule has 104 valence electrons. The summed E-state index contributed by atoms with van der Waals surface area (Å²) in [5.74, 6) is 0.988. The third-order valence-electron chi connectivity index (χ3n) is 5.30. The molecule has 2 fully saturated rings. The summed E-state index contributed by atoms with van der Waals surface area (Å²) in [5, 5.41) is 9.27. The lowest BCUT2D eigenvalue weighted by molar-refractivity contribution is -0.151. The van der Waals surface area contributed by atoms with E-state index in [-0.39, 0.29) is 0 Å². The first-order valence-electron chi connectivity index (χ1n) is 7.40. The maximum Gasteiger partial charge on any atom is 0.309 e. The van der Waals surface area contributed by atoms with Crippen LogP contribution in [0.2, 0.25) is 0 Å². The Balaban J connectivity index is 1.94. The highest BCUT2D eigenvalue weighted by Gasteiger charge is 2.40. The Hall–Kier alpha value is -0.570. The van der Waals surface area contributed by atoms with Crippen LogP contribution in [0, 0.1) is 17.3 Å². The van der Waals surface area contributed by atoms with Crippen LogP contribution in [-0.2, 0) is 4.79 Å². The fourth-order valence-electron chi connectivity index (χ4n) is 3.57. The number of hydrogen-bond acceptors (Lipinski definition) is 2. The maximum atomic E-state index is 11.3. The molecule has 1 saturated carbocycles. The van der Waals surface area contributed by atoms with E-state index in [9.17, 15) is 9.90 Å². The predicted octanol–water partition coefficient (Wildman–Crippen LogP) is 3.00. The van der Waals surface area contributed by atoms with Crippen LogP contribution in [-0.4, -0.2) is 35.1 Å². The summed E-state index contributed by atoms with van der Waals surface area (Å²) in [4.78, 5) is 13.8. The van der Waals surface area contributed by atoms with E-state index in [4.69, 9.17) is 0 Å². The number of nitrogens with zero attached hydrogens (tertiary/aromatic N) is 1. The van der Waals surface area contributed by atoms with Crippen LogP contribution < -0.4 is 0 Å². The molecule has 3 heteroatoms. The van der Waals surface area contributed by atoms with Crippen molar-refractivity contribution in [2.75, 3.05) is 13.1 Å². The number of likely N-dealkylation sites (tertiary alicyclic amines) is 1. The molecule has 0 spiro atoms. The SMILES string of the molecule is CC1CCC(C)C(N2CCC(C)(C(=O)O)CC2)C1. The van der Waals surface area contributed by atoms with Gasteiger partial charge in [-0.1, -0.05) is 20.3 Å². The summed E-state index contributed by atoms with van der Waals surface area (Å²) in [7, 11) is 0. The minimum atomic E-state index is -0.618. The van der Waals surface area contributed by atoms with Crippen molar-refractivity contribution in [2.24, 2.45) is 17.3 Å². The zero-order valence-electron chi connectivity index (χ0n) is 12.0. The number of carbonyl (C=O) groups is 1. The second-order valence-corrected chi connectivity index (χ2v) is 6.86. The highest BCUT2D eigenvalue weighted by molar-refractivity contribution is 5.74. The summed E-state index contributed by atoms with van der Waals surface area (Å²) in [6.07, 6.45) is 5.60. The molecule has 0 bridgehead atoms. The van der Waals surface area contributed by atoms with Gasteiger partial charge in [0.05, 0.1) is 5.41 Å². The third-order valence-corrected chi connectivity index (χ3v) is 5.30. The number of piperidine rings is 1. The summed E-state index contributed by atoms with van der Waals surface area (Å²) < 4.78 is 0. The summed E-state index contributed by atoms with van der Waals surface area (Å²) in [6.45, 7) is 8.54. The van der Waals surface area contributed by atoms with Crippen molar-refractivity contribution in [3.8, 4) is 0 Å². The molecular weight excluding hydrogens is 226 g/mol. The van der Waals surface area contributed by atoms with Crippen molar-refractivity contribution in [1.29, 1.82) is 0 Å². The van der Waals surface area contributed by atoms with Crippen LogP contribution >= 0.6 is 0 Å². The molecule has 2 rings (SSSR count). The Morgan fingerprint density at radius 2 is 1.83 bits per heavy atom. The lowest BCUT2D eigenvalue weighted by atomic mass is 9.76. The Bertz CT molecular complexity index is 308. The van der Waals surface area contributed by atoms with Gasteiger partial charge in [0.2, 0.25) is 0 Å². The van der Waals surface area contributed by atoms with E-state index in [1.807, 2.05) is 6.92 Å². The van der Waals surface area contributed by atoms with Crippen LogP contribution in [0.1, 0.15) is 52.9 Å². The van der Waals surface area contributed by atoms with E-state index in [1.165, 1.54) is 19.3 Å². The molecule has 1 aliphatic heterocycles. The zero-order valence-corrected chi connectivity index (χ0v) is 12.0. The molecule has 0 amide bonds. The Kier molecular flexibility index (Phi) is 4.00. The van der Waals surface area contributed by atoms with Crippen LogP contribution in [0.15, 0.2) is 0 Å². The van der Waals surface area contributed by atoms with E-state index in [1.54, 1.807) is 0 Å². The molecule has 0 aromatic carbocycles. The topological polar surface area (TPSA) is 40.5 Å². The fourth-order valence-corrected chi connectivity index (χ4v) is 3.57. The zero-order chi connectivity index (χ0) is 13.3. The van der Waals surface area contributed by atoms with Gasteiger partial charge in [0.25, 0.3) is 0 Å². The van der Waals surface area contributed by atoms with Crippen molar-refractivity contribution in [2.45, 2.75) is 58.9 Å². The predicted molar refractivity (Wildman–Crippen MR) is 72.5 cm³/mol. The standard InChI is InChI=1S/C15H27NO2/c1-11-4-5-12(2)13(10-11)16-8-6-15(3,7-9-16)14(17)18/h11-13H,4-10H2,1-3H3,(H,17,18). The first-order chi connectivity index (χ1) is 8.42. The molecule has 0 radical (unpaired) electrons. The lowest BCUT2D eigenvalue weighted by Crippen LogP contribution is -2.50. The monoisotopic (exact) mass is 253 g/mol. The fraction of sp³-hybridized carbons (Fsp3) is 0.933. The number of carboxylic acid groups (broad SMARTS) is 1. The van der Waals surface area contributed by atoms with Gasteiger partial charge >= 0.3 is 5.97 Å². The molecule has 3 unspecified atom stereocenters. The van der Waals surface area contributed by atoms with Crippen molar-refractivity contribution in [3.63, 3.8) is 0 Å². The third kappa shape index (κ3) is 2.71. The van der Waals surface area contributed by atoms with Gasteiger partial charge in [-0.3, -0.25) is 4.79 Å². The van der Waals surface area contributed by atoms with Gasteiger partial charge in [-0.2, -0.15) is 0 Å². The molecule has 0 aromatic rings. The largest absolute Gasteiger partial charge is 0.481 e. The minimum Gasteiger partial charge on any atom is -0.481 e. The van der Waals surface area contributed by atoms with Gasteiger partial charge in [-0.05, 0) is 57.5 Å². The second kappa shape index (κ2) is 5.20. The lowest BCUT2D eigenvalue weighted by Gasteiger charge is -2.45. The molecule has 1 heterocycles. The Morgan fingerprint density at radius 1 is 1.22 bits per heavy atom. The molecule has 1 N–H and O–H groups in total. The number of carboxylic acids is 1. The molecule has 18 heavy (non-hydrogen) atoms. The number of rotatable bonds is 2. The normalized spacial score (nSPS) is 37.4. The molecule has 1 aliphatic carbocycles. The van der Waals surface area contributed by atoms with Crippen molar-refractivity contribution >= 4 is 5.97 Å². The highest BCUT2D eigenvalue weighted by atomic mass is 16.4. The minimum absolute atomic E-state index is 0.486. The van der Waals surface area contributed by atoms with Gasteiger partial charge in [0.15, 0.2) is 0 Å². The smallest absolute Gasteiger partial charge is 0.309 e. The van der Waals surface area contributed by atoms with Crippen molar-refractivity contribution in [3.05, 3.63) is 0 Å². The molecule has 2 aliphatic rings. The summed E-state index contributed by atoms with van der Waals surface area (Å²) in [5.41, 5.74) is -0.486. The van der Waals surface area contributed by atoms with Crippen LogP contribution in [0.3, 0.4) is 0 Å². The first-order valence-corrected chi connectivity index (χ1v) is 7.40. The van der Waals surface area contributed by atoms with Gasteiger partial charge in [0.1, 0.15) is 0 Å². The molecular formula is C15H27NO2. The van der Waals surface area contributed by atoms with E-state index in [0.29, 0.717) is 6.04 Å². The van der Waals surface area contributed by atoms with Gasteiger partial charge in [-0.25, -0.2) is 0 Å². The van der Waals surface area contributed by atoms with Crippen LogP contribution in [0.5, 0.6) is 0 Å². The van der Waals surface area contributed by atoms with E-state index < -0.39 is 11.4 Å². The van der Waals surface area contributed by atoms with Crippen LogP contribution in [0.25, 0.3) is 0 Å². The van der Waals surface area contributed by atoms with Gasteiger partial charge in [-0.15, -0.1) is 0 Å². The number of aliphatic carboxylic acids is 1. The maximum absolute atomic E-state index is 11.3. The Labute approximate surface area is 111 Å². The van der Waals surface area contributed by atoms with Gasteiger partial charge < -0.3 is 10.0 Å². The molecule has 0 aromatic heterocycles. The van der Waals surface area contributed by atoms with Crippen molar-refractivity contribution in [1.82, 2.24) is 4.90 Å². The first kappa shape index (κ1) is 13.9. The van der Waals surface area contributed by atoms with E-state index in [2.05, 4.69) is 18.7 Å². The second-order valence-electron chi connectivity index (χ2n) is 6.86.